The Hall–Kier alpha value is 0.0700. The number of hydrogen-bond acceptors (Lipinski definition) is 3. The Bertz CT molecular complexity index is 352. The second-order valence-corrected chi connectivity index (χ2v) is 5.36. The Labute approximate surface area is 108 Å². The van der Waals surface area contributed by atoms with Gasteiger partial charge in [0.2, 0.25) is 0 Å². The third-order valence-electron chi connectivity index (χ3n) is 2.02. The monoisotopic (exact) mass is 304 g/mol. The van der Waals surface area contributed by atoms with Gasteiger partial charge in [-0.3, -0.25) is 4.79 Å². The standard InChI is InChI=1S/C11H13BrOS2/c1-14-10-5-3-4-8(11(10)15-2)9(13)6-7-12/h3-5H,6-7H2,1-2H3. The lowest BCUT2D eigenvalue weighted by Crippen LogP contribution is -2.02. The molecule has 1 rings (SSSR count). The van der Waals surface area contributed by atoms with Crippen molar-refractivity contribution >= 4 is 45.2 Å². The first-order valence-corrected chi connectivity index (χ1v) is 8.11. The highest BCUT2D eigenvalue weighted by atomic mass is 79.9. The molecule has 0 aliphatic heterocycles. The van der Waals surface area contributed by atoms with Crippen LogP contribution in [-0.4, -0.2) is 23.6 Å². The smallest absolute Gasteiger partial charge is 0.164 e. The molecule has 0 amide bonds. The van der Waals surface area contributed by atoms with E-state index < -0.39 is 0 Å². The summed E-state index contributed by atoms with van der Waals surface area (Å²) in [5, 5.41) is 0.725. The van der Waals surface area contributed by atoms with Crippen LogP contribution < -0.4 is 0 Å². The normalized spacial score (nSPS) is 10.3. The van der Waals surface area contributed by atoms with E-state index in [4.69, 9.17) is 0 Å². The lowest BCUT2D eigenvalue weighted by atomic mass is 10.1. The molecule has 82 valence electrons. The predicted octanol–water partition coefficient (Wildman–Crippen LogP) is 4.10. The number of thioether (sulfide) groups is 2. The Balaban J connectivity index is 3.11. The quantitative estimate of drug-likeness (QED) is 0.463. The number of carbonyl (C=O) groups excluding carboxylic acids is 1. The van der Waals surface area contributed by atoms with Crippen LogP contribution in [0.3, 0.4) is 0 Å². The molecule has 1 aromatic rings. The van der Waals surface area contributed by atoms with Crippen molar-refractivity contribution in [3.8, 4) is 0 Å². The molecule has 1 nitrogen and oxygen atoms in total. The largest absolute Gasteiger partial charge is 0.294 e. The molecule has 0 atom stereocenters. The molecule has 0 unspecified atom stereocenters. The van der Waals surface area contributed by atoms with Crippen LogP contribution in [0.1, 0.15) is 16.8 Å². The van der Waals surface area contributed by atoms with Gasteiger partial charge in [0.25, 0.3) is 0 Å². The second kappa shape index (κ2) is 6.61. The van der Waals surface area contributed by atoms with Crippen molar-refractivity contribution in [2.45, 2.75) is 16.2 Å². The van der Waals surface area contributed by atoms with Gasteiger partial charge in [-0.05, 0) is 18.6 Å². The van der Waals surface area contributed by atoms with E-state index in [0.29, 0.717) is 6.42 Å². The summed E-state index contributed by atoms with van der Waals surface area (Å²) in [4.78, 5) is 14.1. The zero-order valence-electron chi connectivity index (χ0n) is 8.75. The van der Waals surface area contributed by atoms with Gasteiger partial charge in [-0.15, -0.1) is 23.5 Å². The molecule has 15 heavy (non-hydrogen) atoms. The second-order valence-electron chi connectivity index (χ2n) is 2.90. The number of ketones is 1. The Kier molecular flexibility index (Phi) is 5.79. The Morgan fingerprint density at radius 3 is 2.60 bits per heavy atom. The van der Waals surface area contributed by atoms with Gasteiger partial charge in [0.15, 0.2) is 5.78 Å². The molecule has 0 saturated carbocycles. The summed E-state index contributed by atoms with van der Waals surface area (Å²) < 4.78 is 0. The first kappa shape index (κ1) is 13.1. The maximum Gasteiger partial charge on any atom is 0.164 e. The van der Waals surface area contributed by atoms with E-state index in [-0.39, 0.29) is 5.78 Å². The lowest BCUT2D eigenvalue weighted by Gasteiger charge is -2.09. The summed E-state index contributed by atoms with van der Waals surface area (Å²) in [6, 6.07) is 5.92. The van der Waals surface area contributed by atoms with E-state index in [1.165, 1.54) is 4.90 Å². The van der Waals surface area contributed by atoms with Gasteiger partial charge in [-0.1, -0.05) is 28.1 Å². The molecule has 0 radical (unpaired) electrons. The minimum atomic E-state index is 0.215. The third-order valence-corrected chi connectivity index (χ3v) is 4.18. The van der Waals surface area contributed by atoms with Crippen molar-refractivity contribution in [3.63, 3.8) is 0 Å². The van der Waals surface area contributed by atoms with Gasteiger partial charge in [0.1, 0.15) is 0 Å². The van der Waals surface area contributed by atoms with Crippen molar-refractivity contribution in [2.24, 2.45) is 0 Å². The predicted molar refractivity (Wildman–Crippen MR) is 72.7 cm³/mol. The molecule has 0 bridgehead atoms. The van der Waals surface area contributed by atoms with Crippen LogP contribution in [0.2, 0.25) is 0 Å². The third kappa shape index (κ3) is 3.26. The van der Waals surface area contributed by atoms with Crippen molar-refractivity contribution in [2.75, 3.05) is 17.8 Å². The molecule has 0 heterocycles. The van der Waals surface area contributed by atoms with Crippen LogP contribution in [0.4, 0.5) is 0 Å². The molecule has 0 fully saturated rings. The first-order chi connectivity index (χ1) is 7.24. The van der Waals surface area contributed by atoms with Gasteiger partial charge in [-0.2, -0.15) is 0 Å². The molecule has 0 aliphatic rings. The number of benzene rings is 1. The highest BCUT2D eigenvalue weighted by Crippen LogP contribution is 2.31. The van der Waals surface area contributed by atoms with E-state index >= 15 is 0 Å². The molecule has 1 aromatic carbocycles. The van der Waals surface area contributed by atoms with Crippen LogP contribution in [0.15, 0.2) is 28.0 Å². The van der Waals surface area contributed by atoms with E-state index in [1.54, 1.807) is 23.5 Å². The molecule has 0 saturated heterocycles. The van der Waals surface area contributed by atoms with Gasteiger partial charge in [-0.25, -0.2) is 0 Å². The SMILES string of the molecule is CSc1cccc(C(=O)CCBr)c1SC. The molecular formula is C11H13BrOS2. The first-order valence-electron chi connectivity index (χ1n) is 4.54. The summed E-state index contributed by atoms with van der Waals surface area (Å²) >= 11 is 6.63. The molecule has 0 aromatic heterocycles. The minimum Gasteiger partial charge on any atom is -0.294 e. The average Bonchev–Trinajstić information content (AvgIpc) is 2.28. The summed E-state index contributed by atoms with van der Waals surface area (Å²) in [6.45, 7) is 0. The number of Topliss-reactive ketones (excluding diaryl/α,β-unsaturated/α-hetero) is 1. The highest BCUT2D eigenvalue weighted by Gasteiger charge is 2.12. The molecular weight excluding hydrogens is 292 g/mol. The number of rotatable bonds is 5. The van der Waals surface area contributed by atoms with Crippen molar-refractivity contribution in [1.82, 2.24) is 0 Å². The van der Waals surface area contributed by atoms with Crippen LogP contribution >= 0.6 is 39.5 Å². The van der Waals surface area contributed by atoms with Crippen LogP contribution in [0.5, 0.6) is 0 Å². The fraction of sp³-hybridized carbons (Fsp3) is 0.364. The zero-order chi connectivity index (χ0) is 11.3. The molecule has 0 N–H and O–H groups in total. The van der Waals surface area contributed by atoms with E-state index in [0.717, 1.165) is 15.8 Å². The lowest BCUT2D eigenvalue weighted by molar-refractivity contribution is 0.0986. The molecule has 4 heteroatoms. The zero-order valence-corrected chi connectivity index (χ0v) is 12.0. The van der Waals surface area contributed by atoms with Crippen LogP contribution in [-0.2, 0) is 0 Å². The van der Waals surface area contributed by atoms with E-state index in [1.807, 2.05) is 24.6 Å². The number of carbonyl (C=O) groups is 1. The number of alkyl halides is 1. The topological polar surface area (TPSA) is 17.1 Å². The van der Waals surface area contributed by atoms with E-state index in [9.17, 15) is 4.79 Å². The van der Waals surface area contributed by atoms with Gasteiger partial charge in [0, 0.05) is 27.1 Å². The minimum absolute atomic E-state index is 0.215. The van der Waals surface area contributed by atoms with E-state index in [2.05, 4.69) is 22.0 Å². The van der Waals surface area contributed by atoms with Gasteiger partial charge >= 0.3 is 0 Å². The van der Waals surface area contributed by atoms with Gasteiger partial charge in [0.05, 0.1) is 0 Å². The average molecular weight is 305 g/mol. The highest BCUT2D eigenvalue weighted by molar-refractivity contribution is 9.09. The fourth-order valence-corrected chi connectivity index (χ4v) is 3.37. The summed E-state index contributed by atoms with van der Waals surface area (Å²) in [6.07, 6.45) is 4.61. The van der Waals surface area contributed by atoms with Crippen LogP contribution in [0, 0.1) is 0 Å². The Morgan fingerprint density at radius 2 is 2.07 bits per heavy atom. The van der Waals surface area contributed by atoms with Crippen molar-refractivity contribution in [3.05, 3.63) is 23.8 Å². The van der Waals surface area contributed by atoms with Crippen molar-refractivity contribution < 1.29 is 4.79 Å². The fourth-order valence-electron chi connectivity index (χ4n) is 1.33. The summed E-state index contributed by atoms with van der Waals surface area (Å²) in [7, 11) is 0. The molecule has 0 spiro atoms. The summed E-state index contributed by atoms with van der Waals surface area (Å²) in [5.41, 5.74) is 0.855. The number of halogens is 1. The maximum atomic E-state index is 11.8. The molecule has 0 aliphatic carbocycles. The maximum absolute atomic E-state index is 11.8. The van der Waals surface area contributed by atoms with Crippen LogP contribution in [0.25, 0.3) is 0 Å². The summed E-state index contributed by atoms with van der Waals surface area (Å²) in [5.74, 6) is 0.215. The van der Waals surface area contributed by atoms with Crippen molar-refractivity contribution in [1.29, 1.82) is 0 Å². The van der Waals surface area contributed by atoms with Gasteiger partial charge < -0.3 is 0 Å². The Morgan fingerprint density at radius 1 is 1.33 bits per heavy atom. The number of hydrogen-bond donors (Lipinski definition) is 0.